The van der Waals surface area contributed by atoms with Crippen LogP contribution < -0.4 is 15.6 Å². The van der Waals surface area contributed by atoms with Gasteiger partial charge in [0.1, 0.15) is 12.8 Å². The minimum Gasteiger partial charge on any atom is -0.462 e. The van der Waals surface area contributed by atoms with Crippen molar-refractivity contribution in [2.75, 3.05) is 43.1 Å². The van der Waals surface area contributed by atoms with E-state index in [0.717, 1.165) is 16.9 Å². The largest absolute Gasteiger partial charge is 0.462 e. The summed E-state index contributed by atoms with van der Waals surface area (Å²) in [6, 6.07) is 10.2. The van der Waals surface area contributed by atoms with Gasteiger partial charge in [-0.25, -0.2) is 0 Å². The van der Waals surface area contributed by atoms with Crippen molar-refractivity contribution >= 4 is 80.4 Å². The number of thioether (sulfide) groups is 1. The highest BCUT2D eigenvalue weighted by molar-refractivity contribution is 8.18. The minimum absolute atomic E-state index is 0.00806. The zero-order chi connectivity index (χ0) is 26.1. The number of nitrogens with one attached hydrogen (secondary N) is 1. The van der Waals surface area contributed by atoms with Crippen LogP contribution in [0.2, 0.25) is 10.0 Å². The molecule has 1 aromatic heterocycles. The lowest BCUT2D eigenvalue weighted by Crippen LogP contribution is -2.38. The van der Waals surface area contributed by atoms with E-state index in [2.05, 4.69) is 10.2 Å². The number of para-hydroxylation sites is 2. The molecule has 0 bridgehead atoms. The molecule has 2 fully saturated rings. The SMILES string of the molecule is O=C(CN1C(=O)S/C(=C\c2coc3c(Cl)cc(Cl)cc3c2=O)C1=O)Nc1ccccc1N1CCOCC1. The van der Waals surface area contributed by atoms with Crippen LogP contribution in [0.25, 0.3) is 17.0 Å². The van der Waals surface area contributed by atoms with Crippen LogP contribution in [0, 0.1) is 0 Å². The highest BCUT2D eigenvalue weighted by Crippen LogP contribution is 2.33. The molecule has 2 saturated heterocycles. The predicted octanol–water partition coefficient (Wildman–Crippen LogP) is 4.61. The van der Waals surface area contributed by atoms with E-state index in [-0.39, 0.29) is 31.5 Å². The third kappa shape index (κ3) is 5.24. The Morgan fingerprint density at radius 1 is 1.11 bits per heavy atom. The Morgan fingerprint density at radius 2 is 1.86 bits per heavy atom. The quantitative estimate of drug-likeness (QED) is 0.451. The number of anilines is 2. The first-order chi connectivity index (χ1) is 17.8. The summed E-state index contributed by atoms with van der Waals surface area (Å²) in [6.07, 6.45) is 2.42. The van der Waals surface area contributed by atoms with Crippen LogP contribution in [0.3, 0.4) is 0 Å². The Bertz CT molecular complexity index is 1520. The molecule has 2 aliphatic rings. The summed E-state index contributed by atoms with van der Waals surface area (Å²) >= 11 is 12.7. The number of hydrogen-bond acceptors (Lipinski definition) is 8. The Labute approximate surface area is 224 Å². The highest BCUT2D eigenvalue weighted by Gasteiger charge is 2.36. The number of nitrogens with zero attached hydrogens (tertiary/aromatic N) is 2. The van der Waals surface area contributed by atoms with Crippen molar-refractivity contribution in [1.82, 2.24) is 4.90 Å². The van der Waals surface area contributed by atoms with Crippen molar-refractivity contribution in [2.45, 2.75) is 0 Å². The summed E-state index contributed by atoms with van der Waals surface area (Å²) in [7, 11) is 0. The van der Waals surface area contributed by atoms with Gasteiger partial charge in [0.05, 0.1) is 45.5 Å². The molecule has 0 aliphatic carbocycles. The number of benzene rings is 2. The molecule has 5 rings (SSSR count). The third-order valence-corrected chi connectivity index (χ3v) is 7.22. The first-order valence-corrected chi connectivity index (χ1v) is 12.8. The first kappa shape index (κ1) is 25.3. The van der Waals surface area contributed by atoms with Gasteiger partial charge in [0, 0.05) is 18.1 Å². The molecule has 3 heterocycles. The average Bonchev–Trinajstić information content (AvgIpc) is 3.14. The summed E-state index contributed by atoms with van der Waals surface area (Å²) in [5.41, 5.74) is 1.14. The van der Waals surface area contributed by atoms with Crippen LogP contribution in [0.15, 0.2) is 56.8 Å². The lowest BCUT2D eigenvalue weighted by molar-refractivity contribution is -0.127. The smallest absolute Gasteiger partial charge is 0.294 e. The fraction of sp³-hybridized carbons (Fsp3) is 0.200. The van der Waals surface area contributed by atoms with Crippen molar-refractivity contribution in [3.8, 4) is 0 Å². The molecule has 9 nitrogen and oxygen atoms in total. The van der Waals surface area contributed by atoms with Gasteiger partial charge in [-0.05, 0) is 42.1 Å². The number of carbonyl (C=O) groups is 3. The van der Waals surface area contributed by atoms with E-state index in [1.54, 1.807) is 12.1 Å². The second-order valence-corrected chi connectivity index (χ2v) is 10.1. The zero-order valence-electron chi connectivity index (χ0n) is 19.2. The molecule has 0 radical (unpaired) electrons. The van der Waals surface area contributed by atoms with Gasteiger partial charge in [0.2, 0.25) is 5.91 Å². The van der Waals surface area contributed by atoms with Gasteiger partial charge in [-0.15, -0.1) is 0 Å². The van der Waals surface area contributed by atoms with Crippen LogP contribution in [0.4, 0.5) is 16.2 Å². The van der Waals surface area contributed by atoms with Gasteiger partial charge in [-0.2, -0.15) is 0 Å². The fourth-order valence-corrected chi connectivity index (χ4v) is 5.42. The number of morpholine rings is 1. The zero-order valence-corrected chi connectivity index (χ0v) is 21.5. The topological polar surface area (TPSA) is 109 Å². The minimum atomic E-state index is -0.685. The summed E-state index contributed by atoms with van der Waals surface area (Å²) in [5, 5.41) is 2.74. The lowest BCUT2D eigenvalue weighted by Gasteiger charge is -2.30. The summed E-state index contributed by atoms with van der Waals surface area (Å²) in [5.74, 6) is -1.21. The van der Waals surface area contributed by atoms with E-state index >= 15 is 0 Å². The Hall–Kier alpha value is -3.31. The summed E-state index contributed by atoms with van der Waals surface area (Å²) < 4.78 is 10.9. The van der Waals surface area contributed by atoms with Crippen molar-refractivity contribution in [3.05, 3.63) is 73.4 Å². The molecule has 2 aliphatic heterocycles. The molecule has 0 spiro atoms. The summed E-state index contributed by atoms with van der Waals surface area (Å²) in [6.45, 7) is 2.06. The van der Waals surface area contributed by atoms with Crippen LogP contribution in [0.5, 0.6) is 0 Å². The van der Waals surface area contributed by atoms with Crippen LogP contribution in [0.1, 0.15) is 5.56 Å². The molecular weight excluding hydrogens is 541 g/mol. The molecule has 37 heavy (non-hydrogen) atoms. The number of amides is 3. The Balaban J connectivity index is 1.33. The number of carbonyl (C=O) groups excluding carboxylic acids is 3. The maximum Gasteiger partial charge on any atom is 0.294 e. The molecule has 3 amide bonds. The predicted molar refractivity (Wildman–Crippen MR) is 143 cm³/mol. The number of hydrogen-bond donors (Lipinski definition) is 1. The van der Waals surface area contributed by atoms with Crippen LogP contribution >= 0.6 is 35.0 Å². The van der Waals surface area contributed by atoms with Gasteiger partial charge in [0.25, 0.3) is 11.1 Å². The lowest BCUT2D eigenvalue weighted by atomic mass is 10.1. The maximum atomic E-state index is 12.9. The van der Waals surface area contributed by atoms with Crippen molar-refractivity contribution < 1.29 is 23.5 Å². The molecule has 0 saturated carbocycles. The van der Waals surface area contributed by atoms with Crippen LogP contribution in [-0.4, -0.2) is 54.8 Å². The number of ether oxygens (including phenoxy) is 1. The van der Waals surface area contributed by atoms with Gasteiger partial charge >= 0.3 is 0 Å². The fourth-order valence-electron chi connectivity index (χ4n) is 4.05. The second kappa shape index (κ2) is 10.6. The third-order valence-electron chi connectivity index (χ3n) is 5.81. The Kier molecular flexibility index (Phi) is 7.25. The van der Waals surface area contributed by atoms with E-state index in [0.29, 0.717) is 43.8 Å². The van der Waals surface area contributed by atoms with E-state index in [1.165, 1.54) is 18.2 Å². The van der Waals surface area contributed by atoms with Gasteiger partial charge in [-0.3, -0.25) is 24.1 Å². The number of imide groups is 1. The maximum absolute atomic E-state index is 12.9. The molecule has 190 valence electrons. The van der Waals surface area contributed by atoms with Crippen LogP contribution in [-0.2, 0) is 14.3 Å². The van der Waals surface area contributed by atoms with E-state index in [9.17, 15) is 19.2 Å². The van der Waals surface area contributed by atoms with Crippen molar-refractivity contribution in [1.29, 1.82) is 0 Å². The van der Waals surface area contributed by atoms with Gasteiger partial charge in [-0.1, -0.05) is 35.3 Å². The standard InChI is InChI=1S/C25H19Cl2N3O6S/c26-15-10-16-22(32)14(13-36-23(16)17(27)11-15)9-20-24(33)30(25(34)37-20)12-21(31)28-18-3-1-2-4-19(18)29-5-7-35-8-6-29/h1-4,9-11,13H,5-8,12H2,(H,28,31)/b20-9-. The van der Waals surface area contributed by atoms with Gasteiger partial charge in [0.15, 0.2) is 11.0 Å². The molecule has 2 aromatic carbocycles. The molecular formula is C25H19Cl2N3O6S. The molecule has 1 N–H and O–H groups in total. The Morgan fingerprint density at radius 3 is 2.65 bits per heavy atom. The molecule has 12 heteroatoms. The second-order valence-electron chi connectivity index (χ2n) is 8.22. The number of halogens is 2. The normalized spacial score (nSPS) is 17.2. The van der Waals surface area contributed by atoms with Crippen molar-refractivity contribution in [3.63, 3.8) is 0 Å². The molecule has 0 atom stereocenters. The molecule has 3 aromatic rings. The van der Waals surface area contributed by atoms with E-state index in [1.807, 2.05) is 12.1 Å². The van der Waals surface area contributed by atoms with E-state index < -0.39 is 29.0 Å². The number of rotatable bonds is 5. The molecule has 0 unspecified atom stereocenters. The first-order valence-electron chi connectivity index (χ1n) is 11.2. The van der Waals surface area contributed by atoms with E-state index in [4.69, 9.17) is 32.4 Å². The average molecular weight is 560 g/mol. The monoisotopic (exact) mass is 559 g/mol. The number of fused-ring (bicyclic) bond motifs is 1. The highest BCUT2D eigenvalue weighted by atomic mass is 35.5. The summed E-state index contributed by atoms with van der Waals surface area (Å²) in [4.78, 5) is 54.1. The van der Waals surface area contributed by atoms with Crippen molar-refractivity contribution in [2.24, 2.45) is 0 Å². The van der Waals surface area contributed by atoms with Gasteiger partial charge < -0.3 is 19.4 Å².